The van der Waals surface area contributed by atoms with Gasteiger partial charge in [0.05, 0.1) is 27.2 Å². The Hall–Kier alpha value is -2.95. The highest BCUT2D eigenvalue weighted by Gasteiger charge is 2.40. The molecule has 0 aliphatic carbocycles. The number of hydrogen-bond donors (Lipinski definition) is 2. The summed E-state index contributed by atoms with van der Waals surface area (Å²) in [6, 6.07) is 11.6. The van der Waals surface area contributed by atoms with Crippen LogP contribution in [0.4, 0.5) is 11.4 Å². The summed E-state index contributed by atoms with van der Waals surface area (Å²) in [6.07, 6.45) is 1.87. The van der Waals surface area contributed by atoms with Gasteiger partial charge in [0.2, 0.25) is 5.91 Å². The third-order valence-corrected chi connectivity index (χ3v) is 9.05. The first-order valence-electron chi connectivity index (χ1n) is 12.6. The molecular weight excluding hydrogens is 492 g/mol. The van der Waals surface area contributed by atoms with Crippen LogP contribution in [0, 0.1) is 5.92 Å². The van der Waals surface area contributed by atoms with Crippen molar-refractivity contribution in [3.05, 3.63) is 48.3 Å². The maximum Gasteiger partial charge on any atom is 0.264 e. The highest BCUT2D eigenvalue weighted by atomic mass is 32.2. The average Bonchev–Trinajstić information content (AvgIpc) is 3.27. The lowest BCUT2D eigenvalue weighted by atomic mass is 9.76. The fraction of sp³-hybridized carbons (Fsp3) is 0.481. The summed E-state index contributed by atoms with van der Waals surface area (Å²) in [5.41, 5.74) is 2.17. The van der Waals surface area contributed by atoms with Crippen molar-refractivity contribution in [1.29, 1.82) is 0 Å². The summed E-state index contributed by atoms with van der Waals surface area (Å²) >= 11 is 0. The van der Waals surface area contributed by atoms with Gasteiger partial charge in [-0.05, 0) is 82.0 Å². The van der Waals surface area contributed by atoms with Crippen LogP contribution in [0.2, 0.25) is 0 Å². The summed E-state index contributed by atoms with van der Waals surface area (Å²) in [4.78, 5) is 19.8. The van der Waals surface area contributed by atoms with Crippen molar-refractivity contribution in [2.75, 3.05) is 36.5 Å². The quantitative estimate of drug-likeness (QED) is 0.417. The van der Waals surface area contributed by atoms with Crippen molar-refractivity contribution >= 4 is 38.3 Å². The van der Waals surface area contributed by atoms with E-state index >= 15 is 0 Å². The number of aromatic nitrogens is 2. The Labute approximate surface area is 218 Å². The monoisotopic (exact) mass is 528 g/mol. The Morgan fingerprint density at radius 3 is 2.49 bits per heavy atom. The van der Waals surface area contributed by atoms with E-state index in [2.05, 4.69) is 24.1 Å². The number of imidazole rings is 1. The molecule has 1 saturated heterocycles. The summed E-state index contributed by atoms with van der Waals surface area (Å²) in [5.74, 6) is 1.01. The van der Waals surface area contributed by atoms with E-state index in [0.717, 1.165) is 37.4 Å². The summed E-state index contributed by atoms with van der Waals surface area (Å²) in [7, 11) is -2.10. The van der Waals surface area contributed by atoms with Gasteiger partial charge in [0.1, 0.15) is 5.82 Å². The number of H-pyrrole nitrogens is 1. The minimum absolute atomic E-state index is 0.0328. The third kappa shape index (κ3) is 5.66. The average molecular weight is 529 g/mol. The van der Waals surface area contributed by atoms with Crippen molar-refractivity contribution in [1.82, 2.24) is 9.97 Å². The van der Waals surface area contributed by atoms with Crippen LogP contribution >= 0.6 is 0 Å². The number of aromatic amines is 1. The van der Waals surface area contributed by atoms with Crippen LogP contribution in [-0.2, 0) is 24.3 Å². The van der Waals surface area contributed by atoms with Crippen LogP contribution in [0.3, 0.4) is 0 Å². The topological polar surface area (TPSA) is 114 Å². The largest absolute Gasteiger partial charge is 0.381 e. The lowest BCUT2D eigenvalue weighted by Gasteiger charge is -2.39. The predicted octanol–water partition coefficient (Wildman–Crippen LogP) is 4.67. The number of rotatable bonds is 9. The van der Waals surface area contributed by atoms with E-state index in [-0.39, 0.29) is 23.3 Å². The van der Waals surface area contributed by atoms with E-state index < -0.39 is 15.6 Å². The number of amides is 1. The second-order valence-electron chi connectivity index (χ2n) is 9.93. The second-order valence-corrected chi connectivity index (χ2v) is 11.8. The zero-order valence-electron chi connectivity index (χ0n) is 22.1. The number of sulfonamides is 1. The van der Waals surface area contributed by atoms with Crippen LogP contribution in [0.15, 0.2) is 47.4 Å². The maximum absolute atomic E-state index is 13.5. The van der Waals surface area contributed by atoms with Crippen molar-refractivity contribution < 1.29 is 22.7 Å². The molecule has 1 aliphatic heterocycles. The van der Waals surface area contributed by atoms with E-state index in [0.29, 0.717) is 22.8 Å². The van der Waals surface area contributed by atoms with E-state index in [1.54, 1.807) is 32.2 Å². The first-order chi connectivity index (χ1) is 17.6. The molecule has 10 heteroatoms. The van der Waals surface area contributed by atoms with Crippen molar-refractivity contribution in [3.8, 4) is 0 Å². The van der Waals surface area contributed by atoms with Crippen molar-refractivity contribution in [3.63, 3.8) is 0 Å². The Morgan fingerprint density at radius 1 is 1.22 bits per heavy atom. The van der Waals surface area contributed by atoms with Gasteiger partial charge >= 0.3 is 0 Å². The van der Waals surface area contributed by atoms with E-state index in [4.69, 9.17) is 14.5 Å². The fourth-order valence-electron chi connectivity index (χ4n) is 5.14. The molecule has 1 amide bonds. The number of nitrogens with zero attached hydrogens (tertiary/aromatic N) is 2. The van der Waals surface area contributed by atoms with Gasteiger partial charge in [-0.2, -0.15) is 0 Å². The lowest BCUT2D eigenvalue weighted by Crippen LogP contribution is -2.39. The fourth-order valence-corrected chi connectivity index (χ4v) is 6.61. The molecule has 0 bridgehead atoms. The molecule has 1 fully saturated rings. The molecule has 4 rings (SSSR count). The molecule has 3 aromatic rings. The van der Waals surface area contributed by atoms with Crippen LogP contribution in [0.5, 0.6) is 0 Å². The number of ether oxygens (including phenoxy) is 2. The Balaban J connectivity index is 1.68. The molecule has 9 nitrogen and oxygen atoms in total. The van der Waals surface area contributed by atoms with E-state index in [9.17, 15) is 13.2 Å². The molecule has 0 saturated carbocycles. The van der Waals surface area contributed by atoms with Gasteiger partial charge in [-0.25, -0.2) is 13.4 Å². The molecule has 0 spiro atoms. The number of anilines is 2. The Bertz CT molecular complexity index is 1340. The van der Waals surface area contributed by atoms with E-state index in [1.807, 2.05) is 12.1 Å². The molecular formula is C27H36N4O5S. The highest BCUT2D eigenvalue weighted by molar-refractivity contribution is 7.92. The van der Waals surface area contributed by atoms with Crippen LogP contribution < -0.4 is 9.62 Å². The van der Waals surface area contributed by atoms with Crippen LogP contribution in [0.1, 0.15) is 52.3 Å². The highest BCUT2D eigenvalue weighted by Crippen LogP contribution is 2.41. The smallest absolute Gasteiger partial charge is 0.264 e. The number of nitrogens with one attached hydrogen (secondary N) is 2. The summed E-state index contributed by atoms with van der Waals surface area (Å²) < 4.78 is 39.9. The standard InChI is InChI=1S/C27H36N4O5S/c1-6-31(37(33,34)22-10-7-20(8-11-22)28-18(2)32)21-9-12-23-24(17-21)30-26(29-23)25(27(3,4)35-5)19-13-15-36-16-14-19/h7-12,17,19,25H,6,13-16H2,1-5H3,(H,28,32)(H,29,30). The van der Waals surface area contributed by atoms with Crippen molar-refractivity contribution in [2.45, 2.75) is 57.0 Å². The summed E-state index contributed by atoms with van der Waals surface area (Å²) in [6.45, 7) is 9.05. The van der Waals surface area contributed by atoms with E-state index in [1.165, 1.54) is 23.4 Å². The van der Waals surface area contributed by atoms with Crippen molar-refractivity contribution in [2.24, 2.45) is 5.92 Å². The second kappa shape index (κ2) is 10.8. The molecule has 0 radical (unpaired) electrons. The molecule has 37 heavy (non-hydrogen) atoms. The van der Waals surface area contributed by atoms with Crippen LogP contribution in [-0.4, -0.2) is 56.8 Å². The molecule has 2 heterocycles. The minimum Gasteiger partial charge on any atom is -0.381 e. The molecule has 1 atom stereocenters. The van der Waals surface area contributed by atoms with Gasteiger partial charge in [0, 0.05) is 45.4 Å². The Morgan fingerprint density at radius 2 is 1.89 bits per heavy atom. The number of benzene rings is 2. The Kier molecular flexibility index (Phi) is 7.91. The predicted molar refractivity (Wildman–Crippen MR) is 144 cm³/mol. The zero-order chi connectivity index (χ0) is 26.8. The molecule has 1 aromatic heterocycles. The molecule has 2 N–H and O–H groups in total. The number of methoxy groups -OCH3 is 1. The first kappa shape index (κ1) is 27.1. The molecule has 1 unspecified atom stereocenters. The van der Waals surface area contributed by atoms with Gasteiger partial charge in [0.15, 0.2) is 0 Å². The van der Waals surface area contributed by atoms with Crippen LogP contribution in [0.25, 0.3) is 11.0 Å². The van der Waals surface area contributed by atoms with Gasteiger partial charge in [-0.3, -0.25) is 9.10 Å². The SMILES string of the molecule is CCN(c1ccc2[nH]c(C(C3CCOCC3)C(C)(C)OC)nc2c1)S(=O)(=O)c1ccc(NC(C)=O)cc1. The van der Waals surface area contributed by atoms with Gasteiger partial charge in [-0.15, -0.1) is 0 Å². The lowest BCUT2D eigenvalue weighted by molar-refractivity contribution is -0.114. The minimum atomic E-state index is -3.82. The third-order valence-electron chi connectivity index (χ3n) is 7.13. The number of hydrogen-bond acceptors (Lipinski definition) is 6. The van der Waals surface area contributed by atoms with Gasteiger partial charge in [-0.1, -0.05) is 0 Å². The maximum atomic E-state index is 13.5. The number of carbonyl (C=O) groups excluding carboxylic acids is 1. The van der Waals surface area contributed by atoms with Gasteiger partial charge in [0.25, 0.3) is 10.0 Å². The number of carbonyl (C=O) groups is 1. The molecule has 2 aromatic carbocycles. The molecule has 200 valence electrons. The summed E-state index contributed by atoms with van der Waals surface area (Å²) in [5, 5.41) is 2.65. The molecule has 1 aliphatic rings. The van der Waals surface area contributed by atoms with Gasteiger partial charge < -0.3 is 19.8 Å². The number of fused-ring (bicyclic) bond motifs is 1. The zero-order valence-corrected chi connectivity index (χ0v) is 22.9. The first-order valence-corrected chi connectivity index (χ1v) is 14.0. The normalized spacial score (nSPS) is 16.0.